The lowest BCUT2D eigenvalue weighted by molar-refractivity contribution is -0.119. The normalized spacial score (nSPS) is 21.0. The summed E-state index contributed by atoms with van der Waals surface area (Å²) in [5.74, 6) is -0.781. The third-order valence-corrected chi connectivity index (χ3v) is 2.72. The second kappa shape index (κ2) is 5.34. The van der Waals surface area contributed by atoms with Crippen LogP contribution in [0.2, 0.25) is 0 Å². The minimum Gasteiger partial charge on any atom is -0.772 e. The van der Waals surface area contributed by atoms with Crippen LogP contribution in [0.15, 0.2) is 0 Å². The van der Waals surface area contributed by atoms with E-state index in [-0.39, 0.29) is 11.9 Å². The van der Waals surface area contributed by atoms with Crippen LogP contribution in [0.1, 0.15) is 32.1 Å². The lowest BCUT2D eigenvalue weighted by atomic mass is 9.95. The summed E-state index contributed by atoms with van der Waals surface area (Å²) in [5, 5.41) is 2.72. The van der Waals surface area contributed by atoms with Crippen molar-refractivity contribution in [2.75, 3.05) is 5.75 Å². The molecular weight excluding hydrogens is 190 g/mol. The Kier molecular flexibility index (Phi) is 4.38. The van der Waals surface area contributed by atoms with Crippen molar-refractivity contribution >= 4 is 17.0 Å². The predicted octanol–water partition coefficient (Wildman–Crippen LogP) is 0.314. The zero-order chi connectivity index (χ0) is 9.68. The van der Waals surface area contributed by atoms with Crippen molar-refractivity contribution in [3.8, 4) is 0 Å². The summed E-state index contributed by atoms with van der Waals surface area (Å²) >= 11 is -2.26. The molecule has 5 heteroatoms. The molecule has 0 aromatic rings. The summed E-state index contributed by atoms with van der Waals surface area (Å²) in [6, 6.07) is 0.199. The van der Waals surface area contributed by atoms with Gasteiger partial charge in [-0.1, -0.05) is 19.3 Å². The molecule has 4 nitrogen and oxygen atoms in total. The molecule has 1 N–H and O–H groups in total. The first kappa shape index (κ1) is 10.7. The molecule has 0 saturated heterocycles. The number of nitrogens with one attached hydrogen (secondary N) is 1. The summed E-state index contributed by atoms with van der Waals surface area (Å²) in [4.78, 5) is 11.0. The fourth-order valence-corrected chi connectivity index (χ4v) is 1.92. The molecule has 13 heavy (non-hydrogen) atoms. The van der Waals surface area contributed by atoms with E-state index in [0.29, 0.717) is 0 Å². The van der Waals surface area contributed by atoms with Gasteiger partial charge < -0.3 is 9.87 Å². The molecule has 76 valence electrons. The van der Waals surface area contributed by atoms with Gasteiger partial charge in [-0.25, -0.2) is 0 Å². The standard InChI is InChI=1S/C8H15NO3S/c10-8(6-13(11)12)9-7-4-2-1-3-5-7/h7H,1-6H2,(H,9,10)(H,11,12)/p-1. The molecule has 1 rings (SSSR count). The number of amides is 1. The number of rotatable bonds is 3. The van der Waals surface area contributed by atoms with Crippen molar-refractivity contribution in [2.45, 2.75) is 38.1 Å². The van der Waals surface area contributed by atoms with Crippen molar-refractivity contribution in [3.05, 3.63) is 0 Å². The number of hydrogen-bond acceptors (Lipinski definition) is 3. The van der Waals surface area contributed by atoms with Gasteiger partial charge in [0, 0.05) is 6.04 Å². The van der Waals surface area contributed by atoms with Gasteiger partial charge >= 0.3 is 0 Å². The van der Waals surface area contributed by atoms with Gasteiger partial charge in [-0.15, -0.1) is 0 Å². The first-order valence-corrected chi connectivity index (χ1v) is 5.78. The number of carbonyl (C=O) groups is 1. The van der Waals surface area contributed by atoms with E-state index in [4.69, 9.17) is 0 Å². The zero-order valence-electron chi connectivity index (χ0n) is 7.45. The first-order valence-electron chi connectivity index (χ1n) is 4.53. The smallest absolute Gasteiger partial charge is 0.231 e. The lowest BCUT2D eigenvalue weighted by Gasteiger charge is -2.22. The second-order valence-electron chi connectivity index (χ2n) is 3.35. The highest BCUT2D eigenvalue weighted by Gasteiger charge is 2.15. The predicted molar refractivity (Wildman–Crippen MR) is 48.8 cm³/mol. The Morgan fingerprint density at radius 1 is 1.38 bits per heavy atom. The first-order chi connectivity index (χ1) is 6.18. The topological polar surface area (TPSA) is 69.2 Å². The lowest BCUT2D eigenvalue weighted by Crippen LogP contribution is -2.38. The van der Waals surface area contributed by atoms with Crippen molar-refractivity contribution < 1.29 is 13.6 Å². The molecule has 1 amide bonds. The van der Waals surface area contributed by atoms with E-state index in [0.717, 1.165) is 25.7 Å². The van der Waals surface area contributed by atoms with Gasteiger partial charge in [0.2, 0.25) is 5.91 Å². The fraction of sp³-hybridized carbons (Fsp3) is 0.875. The van der Waals surface area contributed by atoms with Gasteiger partial charge in [0.1, 0.15) is 0 Å². The maximum absolute atomic E-state index is 11.0. The molecule has 0 aromatic heterocycles. The Labute approximate surface area is 80.4 Å². The van der Waals surface area contributed by atoms with Crippen LogP contribution < -0.4 is 5.32 Å². The number of carbonyl (C=O) groups excluding carboxylic acids is 1. The third kappa shape index (κ3) is 4.38. The summed E-state index contributed by atoms with van der Waals surface area (Å²) in [6.07, 6.45) is 5.45. The average Bonchev–Trinajstić information content (AvgIpc) is 2.04. The van der Waals surface area contributed by atoms with E-state index in [9.17, 15) is 13.6 Å². The van der Waals surface area contributed by atoms with Gasteiger partial charge in [0.15, 0.2) is 0 Å². The van der Waals surface area contributed by atoms with E-state index >= 15 is 0 Å². The van der Waals surface area contributed by atoms with Crippen LogP contribution in [-0.2, 0) is 15.9 Å². The van der Waals surface area contributed by atoms with E-state index in [1.807, 2.05) is 0 Å². The van der Waals surface area contributed by atoms with Gasteiger partial charge in [-0.05, 0) is 23.9 Å². The average molecular weight is 204 g/mol. The Bertz CT molecular complexity index is 202. The van der Waals surface area contributed by atoms with Gasteiger partial charge in [0.05, 0.1) is 5.75 Å². The van der Waals surface area contributed by atoms with Gasteiger partial charge in [-0.2, -0.15) is 0 Å². The van der Waals surface area contributed by atoms with E-state index in [2.05, 4.69) is 5.32 Å². The summed E-state index contributed by atoms with van der Waals surface area (Å²) in [5.41, 5.74) is 0. The van der Waals surface area contributed by atoms with Crippen LogP contribution in [0.25, 0.3) is 0 Å². The Morgan fingerprint density at radius 2 is 2.00 bits per heavy atom. The van der Waals surface area contributed by atoms with Gasteiger partial charge in [0.25, 0.3) is 0 Å². The fourth-order valence-electron chi connectivity index (χ4n) is 1.62. The quantitative estimate of drug-likeness (QED) is 0.673. The Balaban J connectivity index is 2.22. The second-order valence-corrected chi connectivity index (χ2v) is 4.25. The van der Waals surface area contributed by atoms with E-state index in [1.165, 1.54) is 6.42 Å². The van der Waals surface area contributed by atoms with Crippen LogP contribution in [0, 0.1) is 0 Å². The molecule has 0 spiro atoms. The van der Waals surface area contributed by atoms with Crippen molar-refractivity contribution in [3.63, 3.8) is 0 Å². The number of hydrogen-bond donors (Lipinski definition) is 1. The summed E-state index contributed by atoms with van der Waals surface area (Å²) < 4.78 is 20.4. The third-order valence-electron chi connectivity index (χ3n) is 2.22. The monoisotopic (exact) mass is 204 g/mol. The minimum absolute atomic E-state index is 0.199. The highest BCUT2D eigenvalue weighted by molar-refractivity contribution is 7.79. The highest BCUT2D eigenvalue weighted by atomic mass is 32.2. The highest BCUT2D eigenvalue weighted by Crippen LogP contribution is 2.17. The summed E-state index contributed by atoms with van der Waals surface area (Å²) in [7, 11) is 0. The van der Waals surface area contributed by atoms with Crippen molar-refractivity contribution in [2.24, 2.45) is 0 Å². The molecule has 1 unspecified atom stereocenters. The largest absolute Gasteiger partial charge is 0.772 e. The maximum Gasteiger partial charge on any atom is 0.231 e. The molecule has 0 aromatic carbocycles. The molecule has 0 bridgehead atoms. The molecule has 1 aliphatic rings. The molecular formula is C8H14NO3S-. The maximum atomic E-state index is 11.0. The molecule has 1 aliphatic carbocycles. The molecule has 0 aliphatic heterocycles. The van der Waals surface area contributed by atoms with Crippen LogP contribution in [0.5, 0.6) is 0 Å². The SMILES string of the molecule is O=C(CS(=O)[O-])NC1CCCCC1. The van der Waals surface area contributed by atoms with Gasteiger partial charge in [-0.3, -0.25) is 9.00 Å². The molecule has 1 atom stereocenters. The molecule has 1 fully saturated rings. The van der Waals surface area contributed by atoms with E-state index in [1.54, 1.807) is 0 Å². The van der Waals surface area contributed by atoms with Crippen LogP contribution in [-0.4, -0.2) is 26.5 Å². The summed E-state index contributed by atoms with van der Waals surface area (Å²) in [6.45, 7) is 0. The van der Waals surface area contributed by atoms with Crippen LogP contribution >= 0.6 is 0 Å². The minimum atomic E-state index is -2.26. The molecule has 0 heterocycles. The van der Waals surface area contributed by atoms with Crippen molar-refractivity contribution in [1.29, 1.82) is 0 Å². The van der Waals surface area contributed by atoms with E-state index < -0.39 is 16.8 Å². The molecule has 1 saturated carbocycles. The Morgan fingerprint density at radius 3 is 2.54 bits per heavy atom. The molecule has 0 radical (unpaired) electrons. The van der Waals surface area contributed by atoms with Crippen LogP contribution in [0.4, 0.5) is 0 Å². The van der Waals surface area contributed by atoms with Crippen LogP contribution in [0.3, 0.4) is 0 Å². The Hall–Kier alpha value is -0.420. The zero-order valence-corrected chi connectivity index (χ0v) is 8.27. The van der Waals surface area contributed by atoms with Crippen molar-refractivity contribution in [1.82, 2.24) is 5.32 Å².